The molecule has 0 atom stereocenters. The third-order valence-corrected chi connectivity index (χ3v) is 5.72. The van der Waals surface area contributed by atoms with Gasteiger partial charge in [0.1, 0.15) is 0 Å². The van der Waals surface area contributed by atoms with Crippen molar-refractivity contribution in [2.45, 2.75) is 37.4 Å². The molecule has 0 unspecified atom stereocenters. The van der Waals surface area contributed by atoms with Crippen molar-refractivity contribution in [3.8, 4) is 0 Å². The number of halogens is 3. The summed E-state index contributed by atoms with van der Waals surface area (Å²) in [6.07, 6.45) is 6.83. The lowest BCUT2D eigenvalue weighted by atomic mass is 10.0. The minimum atomic E-state index is 0.756. The Morgan fingerprint density at radius 2 is 1.59 bits per heavy atom. The number of benzene rings is 1. The second-order valence-corrected chi connectivity index (χ2v) is 7.96. The number of nitrogens with one attached hydrogen (secondary N) is 1. The van der Waals surface area contributed by atoms with E-state index in [1.54, 1.807) is 0 Å². The number of hydrogen-bond donors (Lipinski definition) is 1. The van der Waals surface area contributed by atoms with Gasteiger partial charge in [-0.05, 0) is 68.8 Å². The molecule has 1 saturated carbocycles. The maximum absolute atomic E-state index is 3.59. The van der Waals surface area contributed by atoms with Crippen LogP contribution in [0.2, 0.25) is 0 Å². The molecule has 0 bridgehead atoms. The first kappa shape index (κ1) is 14.2. The van der Waals surface area contributed by atoms with Crippen molar-refractivity contribution in [1.29, 1.82) is 0 Å². The fourth-order valence-electron chi connectivity index (χ4n) is 1.96. The largest absolute Gasteiger partial charge is 0.328 e. The highest BCUT2D eigenvalue weighted by molar-refractivity contribution is 9.11. The molecule has 0 spiro atoms. The van der Waals surface area contributed by atoms with Crippen molar-refractivity contribution in [2.24, 2.45) is 0 Å². The number of anilines is 1. The molecule has 0 amide bonds. The van der Waals surface area contributed by atoms with Crippen molar-refractivity contribution in [3.63, 3.8) is 0 Å². The van der Waals surface area contributed by atoms with Crippen molar-refractivity contribution < 1.29 is 0 Å². The molecular formula is C12H14Br3NS. The third-order valence-electron chi connectivity index (χ3n) is 2.89. The first-order chi connectivity index (χ1) is 8.16. The first-order valence-electron chi connectivity index (χ1n) is 5.73. The van der Waals surface area contributed by atoms with Gasteiger partial charge in [0.15, 0.2) is 0 Å². The maximum atomic E-state index is 3.59. The van der Waals surface area contributed by atoms with E-state index in [4.69, 9.17) is 0 Å². The van der Waals surface area contributed by atoms with Crippen LogP contribution in [0.4, 0.5) is 5.69 Å². The predicted octanol–water partition coefficient (Wildman–Crippen LogP) is 6.37. The Morgan fingerprint density at radius 3 is 2.18 bits per heavy atom. The summed E-state index contributed by atoms with van der Waals surface area (Å²) in [5.41, 5.74) is 1.13. The fraction of sp³-hybridized carbons (Fsp3) is 0.500. The van der Waals surface area contributed by atoms with Gasteiger partial charge in [-0.2, -0.15) is 0 Å². The van der Waals surface area contributed by atoms with Crippen LogP contribution in [0.25, 0.3) is 0 Å². The van der Waals surface area contributed by atoms with E-state index >= 15 is 0 Å². The Kier molecular flexibility index (Phi) is 5.71. The van der Waals surface area contributed by atoms with Crippen LogP contribution in [-0.2, 0) is 0 Å². The van der Waals surface area contributed by atoms with Crippen LogP contribution in [0.3, 0.4) is 0 Å². The lowest BCUT2D eigenvalue weighted by Gasteiger charge is -2.22. The molecule has 17 heavy (non-hydrogen) atoms. The Bertz CT molecular complexity index is 368. The molecule has 0 saturated heterocycles. The van der Waals surface area contributed by atoms with Gasteiger partial charge in [0.2, 0.25) is 0 Å². The van der Waals surface area contributed by atoms with Gasteiger partial charge < -0.3 is 4.72 Å². The lowest BCUT2D eigenvalue weighted by Crippen LogP contribution is -2.10. The molecule has 5 heteroatoms. The van der Waals surface area contributed by atoms with E-state index in [0.717, 1.165) is 24.4 Å². The van der Waals surface area contributed by atoms with E-state index in [1.165, 1.54) is 32.1 Å². The van der Waals surface area contributed by atoms with Crippen molar-refractivity contribution in [2.75, 3.05) is 4.72 Å². The van der Waals surface area contributed by atoms with Crippen molar-refractivity contribution in [3.05, 3.63) is 25.6 Å². The smallest absolute Gasteiger partial charge is 0.0728 e. The van der Waals surface area contributed by atoms with Crippen LogP contribution in [0.5, 0.6) is 0 Å². The summed E-state index contributed by atoms with van der Waals surface area (Å²) in [5.74, 6) is 0. The minimum Gasteiger partial charge on any atom is -0.328 e. The maximum Gasteiger partial charge on any atom is 0.0728 e. The second-order valence-electron chi connectivity index (χ2n) is 4.22. The molecule has 2 rings (SSSR count). The second kappa shape index (κ2) is 6.83. The van der Waals surface area contributed by atoms with Gasteiger partial charge in [-0.15, -0.1) is 0 Å². The van der Waals surface area contributed by atoms with E-state index in [0.29, 0.717) is 0 Å². The van der Waals surface area contributed by atoms with Gasteiger partial charge in [-0.1, -0.05) is 35.2 Å². The lowest BCUT2D eigenvalue weighted by molar-refractivity contribution is 0.516. The topological polar surface area (TPSA) is 12.0 Å². The van der Waals surface area contributed by atoms with Gasteiger partial charge in [0.05, 0.1) is 5.69 Å². The predicted molar refractivity (Wildman–Crippen MR) is 87.6 cm³/mol. The summed E-state index contributed by atoms with van der Waals surface area (Å²) < 4.78 is 6.72. The summed E-state index contributed by atoms with van der Waals surface area (Å²) in [7, 11) is 0. The molecule has 1 aromatic carbocycles. The van der Waals surface area contributed by atoms with E-state index in [-0.39, 0.29) is 0 Å². The van der Waals surface area contributed by atoms with Gasteiger partial charge in [0.25, 0.3) is 0 Å². The monoisotopic (exact) mass is 441 g/mol. The molecule has 1 fully saturated rings. The number of hydrogen-bond acceptors (Lipinski definition) is 2. The Labute approximate surface area is 132 Å². The summed E-state index contributed by atoms with van der Waals surface area (Å²) in [5, 5.41) is 0.756. The Balaban J connectivity index is 1.98. The Hall–Kier alpha value is 0.810. The summed E-state index contributed by atoms with van der Waals surface area (Å²) in [6, 6.07) is 4.13. The highest BCUT2D eigenvalue weighted by atomic mass is 79.9. The average molecular weight is 444 g/mol. The fourth-order valence-corrected chi connectivity index (χ4v) is 5.76. The average Bonchev–Trinajstić information content (AvgIpc) is 2.29. The molecule has 94 valence electrons. The van der Waals surface area contributed by atoms with Crippen LogP contribution < -0.4 is 4.72 Å². The Morgan fingerprint density at radius 1 is 1.00 bits per heavy atom. The zero-order chi connectivity index (χ0) is 12.3. The van der Waals surface area contributed by atoms with Crippen LogP contribution in [0, 0.1) is 0 Å². The molecule has 1 aliphatic rings. The summed E-state index contributed by atoms with van der Waals surface area (Å²) in [4.78, 5) is 0. The minimum absolute atomic E-state index is 0.756. The van der Waals surface area contributed by atoms with Crippen molar-refractivity contribution >= 4 is 65.4 Å². The zero-order valence-corrected chi connectivity index (χ0v) is 14.9. The van der Waals surface area contributed by atoms with E-state index in [9.17, 15) is 0 Å². The van der Waals surface area contributed by atoms with Gasteiger partial charge >= 0.3 is 0 Å². The molecular weight excluding hydrogens is 430 g/mol. The normalized spacial score (nSPS) is 17.1. The van der Waals surface area contributed by atoms with E-state index in [2.05, 4.69) is 64.6 Å². The highest BCUT2D eigenvalue weighted by Crippen LogP contribution is 2.38. The molecule has 1 N–H and O–H groups in total. The van der Waals surface area contributed by atoms with Crippen LogP contribution in [0.1, 0.15) is 32.1 Å². The number of rotatable bonds is 3. The molecule has 0 aromatic heterocycles. The van der Waals surface area contributed by atoms with Crippen LogP contribution in [-0.4, -0.2) is 5.25 Å². The molecule has 0 radical (unpaired) electrons. The van der Waals surface area contributed by atoms with Gasteiger partial charge in [-0.25, -0.2) is 0 Å². The standard InChI is InChI=1S/C12H14Br3NS/c13-8-6-10(14)12(11(15)7-8)16-17-9-4-2-1-3-5-9/h6-7,9,16H,1-5H2. The summed E-state index contributed by atoms with van der Waals surface area (Å²) in [6.45, 7) is 0. The first-order valence-corrected chi connectivity index (χ1v) is 8.99. The van der Waals surface area contributed by atoms with Gasteiger partial charge in [0, 0.05) is 18.7 Å². The summed E-state index contributed by atoms with van der Waals surface area (Å²) >= 11 is 12.5. The molecule has 0 aliphatic heterocycles. The van der Waals surface area contributed by atoms with Gasteiger partial charge in [-0.3, -0.25) is 0 Å². The quantitative estimate of drug-likeness (QED) is 0.545. The highest BCUT2D eigenvalue weighted by Gasteiger charge is 2.15. The van der Waals surface area contributed by atoms with E-state index in [1.807, 2.05) is 11.9 Å². The van der Waals surface area contributed by atoms with E-state index < -0.39 is 0 Å². The molecule has 0 heterocycles. The van der Waals surface area contributed by atoms with Crippen LogP contribution in [0.15, 0.2) is 25.6 Å². The van der Waals surface area contributed by atoms with Crippen molar-refractivity contribution in [1.82, 2.24) is 0 Å². The molecule has 1 aromatic rings. The van der Waals surface area contributed by atoms with Crippen LogP contribution >= 0.6 is 59.7 Å². The molecule has 1 aliphatic carbocycles. The molecule has 1 nitrogen and oxygen atoms in total. The zero-order valence-electron chi connectivity index (χ0n) is 9.31. The SMILES string of the molecule is Brc1cc(Br)c(NSC2CCCCC2)c(Br)c1. The third kappa shape index (κ3) is 4.15.